The molecule has 0 aromatic heterocycles. The average molecular weight is 243 g/mol. The molecule has 1 unspecified atom stereocenters. The van der Waals surface area contributed by atoms with E-state index in [1.54, 1.807) is 13.0 Å². The fourth-order valence-electron chi connectivity index (χ4n) is 1.37. The van der Waals surface area contributed by atoms with Crippen LogP contribution in [0, 0.1) is 0 Å². The normalized spacial score (nSPS) is 12.2. The van der Waals surface area contributed by atoms with Crippen molar-refractivity contribution in [2.24, 2.45) is 0 Å². The topological polar surface area (TPSA) is 74.6 Å². The molecule has 0 fully saturated rings. The standard InChI is InChI=1S/C11H11ClO4/c1-2-8(13)6-4-3-5-7(12)9(6)10(14)11(15)16/h3-5,10,14H,2H2,1H3,(H,15,16). The smallest absolute Gasteiger partial charge is 0.337 e. The van der Waals surface area contributed by atoms with E-state index in [1.807, 2.05) is 0 Å². The predicted octanol–water partition coefficient (Wildman–Crippen LogP) is 2.05. The van der Waals surface area contributed by atoms with E-state index < -0.39 is 12.1 Å². The number of aliphatic carboxylic acids is 1. The lowest BCUT2D eigenvalue weighted by Gasteiger charge is -2.12. The second-order valence-corrected chi connectivity index (χ2v) is 3.63. The quantitative estimate of drug-likeness (QED) is 0.793. The first-order valence-corrected chi connectivity index (χ1v) is 5.09. The number of carboxylic acid groups (broad SMARTS) is 1. The molecule has 0 aliphatic carbocycles. The lowest BCUT2D eigenvalue weighted by molar-refractivity contribution is -0.146. The Balaban J connectivity index is 3.34. The van der Waals surface area contributed by atoms with Crippen LogP contribution < -0.4 is 0 Å². The first-order valence-electron chi connectivity index (χ1n) is 4.71. The molecule has 86 valence electrons. The molecule has 0 aliphatic heterocycles. The monoisotopic (exact) mass is 242 g/mol. The van der Waals surface area contributed by atoms with Crippen LogP contribution >= 0.6 is 11.6 Å². The molecule has 5 heteroatoms. The highest BCUT2D eigenvalue weighted by atomic mass is 35.5. The summed E-state index contributed by atoms with van der Waals surface area (Å²) in [6.45, 7) is 1.65. The summed E-state index contributed by atoms with van der Waals surface area (Å²) in [4.78, 5) is 22.2. The van der Waals surface area contributed by atoms with Crippen molar-refractivity contribution >= 4 is 23.4 Å². The molecule has 2 N–H and O–H groups in total. The van der Waals surface area contributed by atoms with Gasteiger partial charge in [-0.15, -0.1) is 0 Å². The first-order chi connectivity index (χ1) is 7.49. The van der Waals surface area contributed by atoms with Crippen LogP contribution in [0.1, 0.15) is 35.4 Å². The number of carbonyl (C=O) groups is 2. The molecule has 0 bridgehead atoms. The van der Waals surface area contributed by atoms with Gasteiger partial charge in [-0.3, -0.25) is 4.79 Å². The minimum absolute atomic E-state index is 0.0384. The third kappa shape index (κ3) is 2.40. The van der Waals surface area contributed by atoms with Gasteiger partial charge in [0.1, 0.15) is 0 Å². The van der Waals surface area contributed by atoms with Gasteiger partial charge in [-0.1, -0.05) is 30.7 Å². The minimum Gasteiger partial charge on any atom is -0.479 e. The molecule has 0 amide bonds. The summed E-state index contributed by atoms with van der Waals surface area (Å²) in [5.74, 6) is -1.68. The lowest BCUT2D eigenvalue weighted by atomic mass is 9.98. The Hall–Kier alpha value is -1.39. The molecule has 0 spiro atoms. The summed E-state index contributed by atoms with van der Waals surface area (Å²) < 4.78 is 0. The maximum atomic E-state index is 11.6. The van der Waals surface area contributed by atoms with Crippen molar-refractivity contribution in [1.82, 2.24) is 0 Å². The number of hydrogen-bond acceptors (Lipinski definition) is 3. The van der Waals surface area contributed by atoms with Gasteiger partial charge in [-0.25, -0.2) is 4.79 Å². The number of carboxylic acids is 1. The van der Waals surface area contributed by atoms with Crippen LogP contribution in [-0.4, -0.2) is 22.0 Å². The third-order valence-corrected chi connectivity index (χ3v) is 2.51. The highest BCUT2D eigenvalue weighted by Gasteiger charge is 2.24. The van der Waals surface area contributed by atoms with Gasteiger partial charge in [0, 0.05) is 22.6 Å². The number of halogens is 1. The van der Waals surface area contributed by atoms with Crippen molar-refractivity contribution in [2.45, 2.75) is 19.4 Å². The maximum absolute atomic E-state index is 11.6. The number of Topliss-reactive ketones (excluding diaryl/α,β-unsaturated/α-hetero) is 1. The number of aliphatic hydroxyl groups is 1. The van der Waals surface area contributed by atoms with Gasteiger partial charge in [0.2, 0.25) is 0 Å². The molecule has 1 aromatic rings. The van der Waals surface area contributed by atoms with Gasteiger partial charge in [-0.2, -0.15) is 0 Å². The molecule has 0 radical (unpaired) electrons. The summed E-state index contributed by atoms with van der Waals surface area (Å²) in [6, 6.07) is 4.44. The molecule has 4 nitrogen and oxygen atoms in total. The maximum Gasteiger partial charge on any atom is 0.337 e. The molecular weight excluding hydrogens is 232 g/mol. The molecule has 16 heavy (non-hydrogen) atoms. The summed E-state index contributed by atoms with van der Waals surface area (Å²) in [5, 5.41) is 18.3. The number of ketones is 1. The SMILES string of the molecule is CCC(=O)c1cccc(Cl)c1C(O)C(=O)O. The Morgan fingerprint density at radius 1 is 1.44 bits per heavy atom. The summed E-state index contributed by atoms with van der Waals surface area (Å²) in [6.07, 6.45) is -1.56. The van der Waals surface area contributed by atoms with E-state index >= 15 is 0 Å². The molecule has 1 rings (SSSR count). The van der Waals surface area contributed by atoms with Gasteiger partial charge in [0.25, 0.3) is 0 Å². The van der Waals surface area contributed by atoms with E-state index in [1.165, 1.54) is 12.1 Å². The van der Waals surface area contributed by atoms with Crippen molar-refractivity contribution in [1.29, 1.82) is 0 Å². The molecule has 0 saturated carbocycles. The van der Waals surface area contributed by atoms with Gasteiger partial charge < -0.3 is 10.2 Å². The first kappa shape index (κ1) is 12.7. The van der Waals surface area contributed by atoms with E-state index in [0.29, 0.717) is 0 Å². The zero-order chi connectivity index (χ0) is 12.3. The Kier molecular flexibility index (Phi) is 4.04. The second kappa shape index (κ2) is 5.09. The van der Waals surface area contributed by atoms with E-state index in [-0.39, 0.29) is 28.4 Å². The molecule has 0 aliphatic rings. The lowest BCUT2D eigenvalue weighted by Crippen LogP contribution is -2.15. The van der Waals surface area contributed by atoms with Crippen LogP contribution in [0.2, 0.25) is 5.02 Å². The van der Waals surface area contributed by atoms with Crippen LogP contribution in [0.4, 0.5) is 0 Å². The second-order valence-electron chi connectivity index (χ2n) is 3.22. The predicted molar refractivity (Wildman–Crippen MR) is 58.7 cm³/mol. The fraction of sp³-hybridized carbons (Fsp3) is 0.273. The van der Waals surface area contributed by atoms with Crippen LogP contribution in [0.3, 0.4) is 0 Å². The number of hydrogen-bond donors (Lipinski definition) is 2. The molecule has 1 atom stereocenters. The van der Waals surface area contributed by atoms with Crippen molar-refractivity contribution < 1.29 is 19.8 Å². The van der Waals surface area contributed by atoms with Crippen molar-refractivity contribution in [3.8, 4) is 0 Å². The van der Waals surface area contributed by atoms with Crippen molar-refractivity contribution in [3.63, 3.8) is 0 Å². The van der Waals surface area contributed by atoms with Crippen molar-refractivity contribution in [2.75, 3.05) is 0 Å². The summed E-state index contributed by atoms with van der Waals surface area (Å²) in [5.41, 5.74) is 0.119. The van der Waals surface area contributed by atoms with Gasteiger partial charge >= 0.3 is 5.97 Å². The number of carbonyl (C=O) groups excluding carboxylic acids is 1. The molecule has 1 aromatic carbocycles. The highest BCUT2D eigenvalue weighted by Crippen LogP contribution is 2.27. The van der Waals surface area contributed by atoms with E-state index in [0.717, 1.165) is 0 Å². The van der Waals surface area contributed by atoms with Gasteiger partial charge in [-0.05, 0) is 6.07 Å². The van der Waals surface area contributed by atoms with Crippen LogP contribution in [0.15, 0.2) is 18.2 Å². The minimum atomic E-state index is -1.78. The molecular formula is C11H11ClO4. The molecule has 0 saturated heterocycles. The number of rotatable bonds is 4. The summed E-state index contributed by atoms with van der Waals surface area (Å²) >= 11 is 5.79. The zero-order valence-corrected chi connectivity index (χ0v) is 9.36. The number of benzene rings is 1. The molecule has 0 heterocycles. The van der Waals surface area contributed by atoms with Crippen LogP contribution in [0.25, 0.3) is 0 Å². The van der Waals surface area contributed by atoms with E-state index in [4.69, 9.17) is 16.7 Å². The largest absolute Gasteiger partial charge is 0.479 e. The average Bonchev–Trinajstić information content (AvgIpc) is 2.26. The van der Waals surface area contributed by atoms with Gasteiger partial charge in [0.15, 0.2) is 11.9 Å². The van der Waals surface area contributed by atoms with E-state index in [2.05, 4.69) is 0 Å². The Morgan fingerprint density at radius 2 is 2.06 bits per heavy atom. The van der Waals surface area contributed by atoms with Crippen LogP contribution in [-0.2, 0) is 4.79 Å². The van der Waals surface area contributed by atoms with Crippen molar-refractivity contribution in [3.05, 3.63) is 34.3 Å². The Bertz CT molecular complexity index is 428. The Labute approximate surface area is 97.5 Å². The zero-order valence-electron chi connectivity index (χ0n) is 8.61. The van der Waals surface area contributed by atoms with E-state index in [9.17, 15) is 14.7 Å². The van der Waals surface area contributed by atoms with Crippen LogP contribution in [0.5, 0.6) is 0 Å². The van der Waals surface area contributed by atoms with Gasteiger partial charge in [0.05, 0.1) is 0 Å². The third-order valence-electron chi connectivity index (χ3n) is 2.18. The number of aliphatic hydroxyl groups excluding tert-OH is 1. The highest BCUT2D eigenvalue weighted by molar-refractivity contribution is 6.32. The summed E-state index contributed by atoms with van der Waals surface area (Å²) in [7, 11) is 0. The Morgan fingerprint density at radius 3 is 2.56 bits per heavy atom. The fourth-order valence-corrected chi connectivity index (χ4v) is 1.65.